The van der Waals surface area contributed by atoms with Crippen molar-refractivity contribution in [1.29, 1.82) is 0 Å². The number of aryl methyl sites for hydroxylation is 1. The zero-order chi connectivity index (χ0) is 17.8. The van der Waals surface area contributed by atoms with Gasteiger partial charge in [0.25, 0.3) is 5.91 Å². The van der Waals surface area contributed by atoms with Gasteiger partial charge in [0.2, 0.25) is 0 Å². The molecule has 2 aromatic rings. The third-order valence-corrected chi connectivity index (χ3v) is 4.68. The van der Waals surface area contributed by atoms with E-state index in [-0.39, 0.29) is 12.5 Å². The van der Waals surface area contributed by atoms with Gasteiger partial charge >= 0.3 is 5.97 Å². The molecule has 0 radical (unpaired) electrons. The summed E-state index contributed by atoms with van der Waals surface area (Å²) in [5.41, 5.74) is 3.46. The highest BCUT2D eigenvalue weighted by atomic mass is 16.4. The first-order valence-corrected chi connectivity index (χ1v) is 8.68. The van der Waals surface area contributed by atoms with Gasteiger partial charge in [-0.15, -0.1) is 0 Å². The van der Waals surface area contributed by atoms with Crippen LogP contribution in [0.25, 0.3) is 0 Å². The van der Waals surface area contributed by atoms with Crippen molar-refractivity contribution in [3.63, 3.8) is 0 Å². The van der Waals surface area contributed by atoms with Gasteiger partial charge in [-0.05, 0) is 31.2 Å². The van der Waals surface area contributed by atoms with Gasteiger partial charge in [0.15, 0.2) is 5.69 Å². The van der Waals surface area contributed by atoms with Crippen LogP contribution in [0.15, 0.2) is 30.3 Å². The molecule has 0 fully saturated rings. The minimum atomic E-state index is -0.907. The lowest BCUT2D eigenvalue weighted by Gasteiger charge is -2.24. The highest BCUT2D eigenvalue weighted by molar-refractivity contribution is 5.94. The predicted molar refractivity (Wildman–Crippen MR) is 93.2 cm³/mol. The summed E-state index contributed by atoms with van der Waals surface area (Å²) in [6.45, 7) is 2.15. The Morgan fingerprint density at radius 3 is 2.68 bits per heavy atom. The second-order valence-corrected chi connectivity index (χ2v) is 6.65. The molecule has 0 spiro atoms. The highest BCUT2D eigenvalue weighted by Gasteiger charge is 2.27. The number of fused-ring (bicyclic) bond motifs is 1. The number of carboxylic acid groups (broad SMARTS) is 1. The van der Waals surface area contributed by atoms with Crippen molar-refractivity contribution < 1.29 is 14.7 Å². The number of aliphatic carboxylic acids is 1. The third-order valence-electron chi connectivity index (χ3n) is 4.68. The number of aromatic amines is 1. The number of aromatic nitrogens is 2. The minimum absolute atomic E-state index is 0.157. The zero-order valence-corrected chi connectivity index (χ0v) is 14.4. The zero-order valence-electron chi connectivity index (χ0n) is 14.4. The van der Waals surface area contributed by atoms with Crippen molar-refractivity contribution in [2.24, 2.45) is 5.92 Å². The maximum absolute atomic E-state index is 13.1. The number of benzene rings is 1. The number of hydrogen-bond acceptors (Lipinski definition) is 3. The van der Waals surface area contributed by atoms with E-state index in [1.165, 1.54) is 0 Å². The standard InChI is InChI=1S/C19H23N3O3/c1-13(19(24)25)11-22(12-14-7-3-2-4-8-14)18(23)17-15-9-5-6-10-16(15)20-21-17/h2-4,7-8,13H,5-6,9-12H2,1H3,(H,20,21)(H,24,25). The van der Waals surface area contributed by atoms with E-state index in [0.717, 1.165) is 42.5 Å². The molecule has 6 nitrogen and oxygen atoms in total. The molecule has 1 atom stereocenters. The van der Waals surface area contributed by atoms with Crippen LogP contribution in [0.3, 0.4) is 0 Å². The molecule has 1 heterocycles. The predicted octanol–water partition coefficient (Wildman–Crippen LogP) is 2.65. The minimum Gasteiger partial charge on any atom is -0.481 e. The number of rotatable bonds is 6. The number of H-pyrrole nitrogens is 1. The van der Waals surface area contributed by atoms with E-state index in [4.69, 9.17) is 0 Å². The fraction of sp³-hybridized carbons (Fsp3) is 0.421. The van der Waals surface area contributed by atoms with Crippen molar-refractivity contribution in [2.75, 3.05) is 6.54 Å². The topological polar surface area (TPSA) is 86.3 Å². The van der Waals surface area contributed by atoms with Gasteiger partial charge < -0.3 is 10.0 Å². The molecule has 1 unspecified atom stereocenters. The molecule has 1 aliphatic carbocycles. The van der Waals surface area contributed by atoms with E-state index in [2.05, 4.69) is 10.2 Å². The largest absolute Gasteiger partial charge is 0.481 e. The fourth-order valence-electron chi connectivity index (χ4n) is 3.24. The first-order valence-electron chi connectivity index (χ1n) is 8.68. The molecule has 0 saturated heterocycles. The van der Waals surface area contributed by atoms with E-state index >= 15 is 0 Å². The van der Waals surface area contributed by atoms with E-state index < -0.39 is 11.9 Å². The van der Waals surface area contributed by atoms with Gasteiger partial charge in [0.1, 0.15) is 0 Å². The smallest absolute Gasteiger partial charge is 0.308 e. The molecule has 1 aliphatic rings. The lowest BCUT2D eigenvalue weighted by molar-refractivity contribution is -0.141. The molecule has 0 aliphatic heterocycles. The molecule has 1 amide bonds. The monoisotopic (exact) mass is 341 g/mol. The summed E-state index contributed by atoms with van der Waals surface area (Å²) >= 11 is 0. The number of carboxylic acids is 1. The van der Waals surface area contributed by atoms with Crippen LogP contribution in [0, 0.1) is 5.92 Å². The fourth-order valence-corrected chi connectivity index (χ4v) is 3.24. The van der Waals surface area contributed by atoms with Crippen LogP contribution in [0.4, 0.5) is 0 Å². The quantitative estimate of drug-likeness (QED) is 0.846. The summed E-state index contributed by atoms with van der Waals surface area (Å²) in [5.74, 6) is -1.74. The van der Waals surface area contributed by atoms with E-state index in [1.807, 2.05) is 30.3 Å². The van der Waals surface area contributed by atoms with Crippen molar-refractivity contribution in [1.82, 2.24) is 15.1 Å². The van der Waals surface area contributed by atoms with E-state index in [9.17, 15) is 14.7 Å². The molecule has 1 aromatic heterocycles. The van der Waals surface area contributed by atoms with Crippen LogP contribution >= 0.6 is 0 Å². The Bertz CT molecular complexity index is 755. The average molecular weight is 341 g/mol. The molecule has 1 aromatic carbocycles. The summed E-state index contributed by atoms with van der Waals surface area (Å²) in [7, 11) is 0. The van der Waals surface area contributed by atoms with E-state index in [0.29, 0.717) is 12.2 Å². The van der Waals surface area contributed by atoms with Gasteiger partial charge in [-0.1, -0.05) is 37.3 Å². The number of nitrogens with one attached hydrogen (secondary N) is 1. The van der Waals surface area contributed by atoms with Crippen LogP contribution in [0.1, 0.15) is 47.1 Å². The van der Waals surface area contributed by atoms with Gasteiger partial charge in [0.05, 0.1) is 5.92 Å². The SMILES string of the molecule is CC(CN(Cc1ccccc1)C(=O)c1n[nH]c2c1CCCC2)C(=O)O. The maximum atomic E-state index is 13.1. The number of hydrogen-bond donors (Lipinski definition) is 2. The van der Waals surface area contributed by atoms with Crippen molar-refractivity contribution in [3.05, 3.63) is 52.8 Å². The highest BCUT2D eigenvalue weighted by Crippen LogP contribution is 2.24. The first-order chi connectivity index (χ1) is 12.1. The van der Waals surface area contributed by atoms with Crippen LogP contribution in [-0.2, 0) is 24.2 Å². The lowest BCUT2D eigenvalue weighted by atomic mass is 9.95. The summed E-state index contributed by atoms with van der Waals surface area (Å²) < 4.78 is 0. The lowest BCUT2D eigenvalue weighted by Crippen LogP contribution is -2.37. The molecule has 3 rings (SSSR count). The first kappa shape index (κ1) is 17.2. The van der Waals surface area contributed by atoms with Crippen molar-refractivity contribution >= 4 is 11.9 Å². The molecule has 6 heteroatoms. The molecule has 0 saturated carbocycles. The van der Waals surface area contributed by atoms with Crippen LogP contribution < -0.4 is 0 Å². The summed E-state index contributed by atoms with van der Waals surface area (Å²) in [6, 6.07) is 9.61. The van der Waals surface area contributed by atoms with Gasteiger partial charge in [-0.25, -0.2) is 0 Å². The molecular weight excluding hydrogens is 318 g/mol. The molecule has 132 valence electrons. The van der Waals surface area contributed by atoms with Crippen molar-refractivity contribution in [3.8, 4) is 0 Å². The van der Waals surface area contributed by atoms with Gasteiger partial charge in [0, 0.05) is 24.3 Å². The normalized spacial score (nSPS) is 14.6. The second-order valence-electron chi connectivity index (χ2n) is 6.65. The van der Waals surface area contributed by atoms with Crippen LogP contribution in [0.2, 0.25) is 0 Å². The van der Waals surface area contributed by atoms with Gasteiger partial charge in [-0.2, -0.15) is 5.10 Å². The molecule has 0 bridgehead atoms. The molecule has 25 heavy (non-hydrogen) atoms. The third kappa shape index (κ3) is 3.90. The molecule has 2 N–H and O–H groups in total. The maximum Gasteiger partial charge on any atom is 0.308 e. The van der Waals surface area contributed by atoms with E-state index in [1.54, 1.807) is 11.8 Å². The summed E-state index contributed by atoms with van der Waals surface area (Å²) in [6.07, 6.45) is 3.92. The Balaban J connectivity index is 1.86. The Morgan fingerprint density at radius 1 is 1.24 bits per heavy atom. The van der Waals surface area contributed by atoms with Crippen molar-refractivity contribution in [2.45, 2.75) is 39.2 Å². The number of carbonyl (C=O) groups excluding carboxylic acids is 1. The number of nitrogens with zero attached hydrogens (tertiary/aromatic N) is 2. The Hall–Kier alpha value is -2.63. The molecular formula is C19H23N3O3. The van der Waals surface area contributed by atoms with Crippen LogP contribution in [-0.4, -0.2) is 38.6 Å². The Labute approximate surface area is 146 Å². The second kappa shape index (κ2) is 7.51. The average Bonchev–Trinajstić information content (AvgIpc) is 3.05. The Kier molecular flexibility index (Phi) is 5.16. The Morgan fingerprint density at radius 2 is 1.96 bits per heavy atom. The summed E-state index contributed by atoms with van der Waals surface area (Å²) in [4.78, 5) is 26.0. The number of amides is 1. The van der Waals surface area contributed by atoms with Crippen LogP contribution in [0.5, 0.6) is 0 Å². The number of carbonyl (C=O) groups is 2. The summed E-state index contributed by atoms with van der Waals surface area (Å²) in [5, 5.41) is 16.5. The van der Waals surface area contributed by atoms with Gasteiger partial charge in [-0.3, -0.25) is 14.7 Å².